The van der Waals surface area contributed by atoms with Gasteiger partial charge in [-0.2, -0.15) is 23.5 Å². The van der Waals surface area contributed by atoms with E-state index in [1.807, 2.05) is 0 Å². The predicted octanol–water partition coefficient (Wildman–Crippen LogP) is 3.03. The molecule has 0 aromatic rings. The smallest absolute Gasteiger partial charge is 0.00834 e. The van der Waals surface area contributed by atoms with Crippen LogP contribution in [0.3, 0.4) is 0 Å². The summed E-state index contributed by atoms with van der Waals surface area (Å²) in [5, 5.41) is 1.04. The number of thioether (sulfide) groups is 2. The Balaban J connectivity index is 1.82. The molecule has 2 unspecified atom stereocenters. The summed E-state index contributed by atoms with van der Waals surface area (Å²) in [6.07, 6.45) is 5.99. The van der Waals surface area contributed by atoms with E-state index in [0.717, 1.165) is 11.2 Å². The fraction of sp³-hybridized carbons (Fsp3) is 1.00. The molecule has 2 rings (SSSR count). The van der Waals surface area contributed by atoms with Crippen molar-refractivity contribution in [3.63, 3.8) is 0 Å². The monoisotopic (exact) mass is 188 g/mol. The maximum atomic E-state index is 2.24. The highest BCUT2D eigenvalue weighted by atomic mass is 32.2. The molecule has 2 heterocycles. The zero-order chi connectivity index (χ0) is 7.52. The zero-order valence-electron chi connectivity index (χ0n) is 6.92. The van der Waals surface area contributed by atoms with Crippen LogP contribution in [0.5, 0.6) is 0 Å². The third-order valence-corrected chi connectivity index (χ3v) is 5.50. The SMILES string of the molecule is C1CSCC(C2CCCS2)C1. The average Bonchev–Trinajstić information content (AvgIpc) is 2.58. The van der Waals surface area contributed by atoms with Crippen LogP contribution in [0.1, 0.15) is 25.7 Å². The van der Waals surface area contributed by atoms with Crippen LogP contribution in [0.2, 0.25) is 0 Å². The second-order valence-corrected chi connectivity index (χ2v) is 6.03. The van der Waals surface area contributed by atoms with Crippen LogP contribution in [-0.2, 0) is 0 Å². The molecular formula is C9H16S2. The van der Waals surface area contributed by atoms with Crippen molar-refractivity contribution in [2.75, 3.05) is 17.3 Å². The molecule has 11 heavy (non-hydrogen) atoms. The first-order valence-electron chi connectivity index (χ1n) is 4.66. The number of hydrogen-bond acceptors (Lipinski definition) is 2. The summed E-state index contributed by atoms with van der Waals surface area (Å²) in [7, 11) is 0. The van der Waals surface area contributed by atoms with Crippen LogP contribution in [-0.4, -0.2) is 22.5 Å². The topological polar surface area (TPSA) is 0 Å². The minimum Gasteiger partial charge on any atom is -0.162 e. The maximum Gasteiger partial charge on any atom is 0.00834 e. The van der Waals surface area contributed by atoms with Gasteiger partial charge in [-0.1, -0.05) is 0 Å². The molecule has 0 amide bonds. The first-order chi connectivity index (χ1) is 5.47. The van der Waals surface area contributed by atoms with E-state index in [0.29, 0.717) is 0 Å². The van der Waals surface area contributed by atoms with Gasteiger partial charge in [-0.15, -0.1) is 0 Å². The Morgan fingerprint density at radius 2 is 1.91 bits per heavy atom. The van der Waals surface area contributed by atoms with E-state index in [1.54, 1.807) is 0 Å². The third kappa shape index (κ3) is 2.09. The van der Waals surface area contributed by atoms with E-state index >= 15 is 0 Å². The molecule has 0 bridgehead atoms. The van der Waals surface area contributed by atoms with Crippen LogP contribution in [0, 0.1) is 5.92 Å². The average molecular weight is 188 g/mol. The Bertz CT molecular complexity index is 113. The summed E-state index contributed by atoms with van der Waals surface area (Å²) in [6.45, 7) is 0. The summed E-state index contributed by atoms with van der Waals surface area (Å²) in [5.41, 5.74) is 0. The molecule has 0 aliphatic carbocycles. The van der Waals surface area contributed by atoms with Gasteiger partial charge in [0, 0.05) is 5.25 Å². The van der Waals surface area contributed by atoms with Crippen LogP contribution < -0.4 is 0 Å². The molecule has 2 aliphatic heterocycles. The minimum absolute atomic E-state index is 1.04. The Labute approximate surface area is 77.9 Å². The van der Waals surface area contributed by atoms with Gasteiger partial charge in [-0.3, -0.25) is 0 Å². The summed E-state index contributed by atoms with van der Waals surface area (Å²) >= 11 is 4.41. The van der Waals surface area contributed by atoms with Gasteiger partial charge in [-0.25, -0.2) is 0 Å². The van der Waals surface area contributed by atoms with Crippen molar-refractivity contribution in [1.82, 2.24) is 0 Å². The Hall–Kier alpha value is 0.700. The molecule has 64 valence electrons. The minimum atomic E-state index is 1.04. The van der Waals surface area contributed by atoms with Crippen LogP contribution in [0.25, 0.3) is 0 Å². The highest BCUT2D eigenvalue weighted by Gasteiger charge is 2.26. The van der Waals surface area contributed by atoms with E-state index in [1.165, 1.54) is 42.9 Å². The number of rotatable bonds is 1. The third-order valence-electron chi connectivity index (χ3n) is 2.69. The summed E-state index contributed by atoms with van der Waals surface area (Å²) in [5.74, 6) is 5.39. The van der Waals surface area contributed by atoms with Crippen molar-refractivity contribution in [1.29, 1.82) is 0 Å². The summed E-state index contributed by atoms with van der Waals surface area (Å²) in [6, 6.07) is 0. The van der Waals surface area contributed by atoms with E-state index < -0.39 is 0 Å². The van der Waals surface area contributed by atoms with Crippen molar-refractivity contribution >= 4 is 23.5 Å². The number of hydrogen-bond donors (Lipinski definition) is 0. The first kappa shape index (κ1) is 8.31. The highest BCUT2D eigenvalue weighted by Crippen LogP contribution is 2.37. The van der Waals surface area contributed by atoms with Gasteiger partial charge in [-0.05, 0) is 48.9 Å². The van der Waals surface area contributed by atoms with Gasteiger partial charge in [0.05, 0.1) is 0 Å². The largest absolute Gasteiger partial charge is 0.162 e. The van der Waals surface area contributed by atoms with Gasteiger partial charge in [0.2, 0.25) is 0 Å². The zero-order valence-corrected chi connectivity index (χ0v) is 8.55. The van der Waals surface area contributed by atoms with Crippen molar-refractivity contribution in [3.8, 4) is 0 Å². The molecule has 0 aromatic heterocycles. The molecule has 0 radical (unpaired) electrons. The molecule has 0 aromatic carbocycles. The molecule has 0 N–H and O–H groups in total. The van der Waals surface area contributed by atoms with Crippen molar-refractivity contribution in [2.45, 2.75) is 30.9 Å². The Morgan fingerprint density at radius 3 is 2.55 bits per heavy atom. The molecular weight excluding hydrogens is 172 g/mol. The Kier molecular flexibility index (Phi) is 3.08. The normalized spacial score (nSPS) is 39.3. The second kappa shape index (κ2) is 4.08. The molecule has 2 saturated heterocycles. The van der Waals surface area contributed by atoms with Gasteiger partial charge in [0.25, 0.3) is 0 Å². The lowest BCUT2D eigenvalue weighted by Gasteiger charge is -2.26. The van der Waals surface area contributed by atoms with E-state index in [4.69, 9.17) is 0 Å². The molecule has 0 spiro atoms. The van der Waals surface area contributed by atoms with E-state index in [2.05, 4.69) is 23.5 Å². The van der Waals surface area contributed by atoms with Crippen LogP contribution in [0.15, 0.2) is 0 Å². The molecule has 0 nitrogen and oxygen atoms in total. The lowest BCUT2D eigenvalue weighted by Crippen LogP contribution is -2.20. The molecule has 2 heteroatoms. The van der Waals surface area contributed by atoms with Crippen molar-refractivity contribution < 1.29 is 0 Å². The molecule has 2 aliphatic rings. The van der Waals surface area contributed by atoms with Gasteiger partial charge >= 0.3 is 0 Å². The van der Waals surface area contributed by atoms with Crippen LogP contribution >= 0.6 is 23.5 Å². The standard InChI is InChI=1S/C9H16S2/c1-3-8(7-10-5-1)9-4-2-6-11-9/h8-9H,1-7H2. The summed E-state index contributed by atoms with van der Waals surface area (Å²) in [4.78, 5) is 0. The first-order valence-corrected chi connectivity index (χ1v) is 6.86. The second-order valence-electron chi connectivity index (χ2n) is 3.53. The van der Waals surface area contributed by atoms with Gasteiger partial charge in [0.15, 0.2) is 0 Å². The molecule has 2 fully saturated rings. The quantitative estimate of drug-likeness (QED) is 0.620. The highest BCUT2D eigenvalue weighted by molar-refractivity contribution is 8.00. The fourth-order valence-electron chi connectivity index (χ4n) is 2.03. The van der Waals surface area contributed by atoms with Crippen molar-refractivity contribution in [3.05, 3.63) is 0 Å². The fourth-order valence-corrected chi connectivity index (χ4v) is 4.87. The molecule has 2 atom stereocenters. The predicted molar refractivity (Wildman–Crippen MR) is 55.5 cm³/mol. The lowest BCUT2D eigenvalue weighted by atomic mass is 9.98. The van der Waals surface area contributed by atoms with Gasteiger partial charge < -0.3 is 0 Å². The van der Waals surface area contributed by atoms with E-state index in [9.17, 15) is 0 Å². The van der Waals surface area contributed by atoms with Gasteiger partial charge in [0.1, 0.15) is 0 Å². The Morgan fingerprint density at radius 1 is 1.00 bits per heavy atom. The van der Waals surface area contributed by atoms with Crippen molar-refractivity contribution in [2.24, 2.45) is 5.92 Å². The maximum absolute atomic E-state index is 2.24. The van der Waals surface area contributed by atoms with Crippen LogP contribution in [0.4, 0.5) is 0 Å². The summed E-state index contributed by atoms with van der Waals surface area (Å²) < 4.78 is 0. The lowest BCUT2D eigenvalue weighted by molar-refractivity contribution is 0.491. The van der Waals surface area contributed by atoms with E-state index in [-0.39, 0.29) is 0 Å². The molecule has 0 saturated carbocycles.